The van der Waals surface area contributed by atoms with E-state index in [0.29, 0.717) is 23.3 Å². The lowest BCUT2D eigenvalue weighted by Crippen LogP contribution is -2.20. The fourth-order valence-electron chi connectivity index (χ4n) is 2.49. The maximum absolute atomic E-state index is 5.42. The molecular formula is C13H20N8. The molecule has 1 saturated carbocycles. The number of hydrazine groups is 1. The average Bonchev–Trinajstić information content (AvgIpc) is 3.05. The number of nitrogens with one attached hydrogen (secondary N) is 2. The second kappa shape index (κ2) is 5.65. The molecule has 0 spiro atoms. The van der Waals surface area contributed by atoms with E-state index in [1.165, 1.54) is 25.7 Å². The Morgan fingerprint density at radius 3 is 2.71 bits per heavy atom. The molecule has 112 valence electrons. The van der Waals surface area contributed by atoms with Crippen LogP contribution in [0.2, 0.25) is 0 Å². The molecule has 0 aliphatic heterocycles. The van der Waals surface area contributed by atoms with Crippen LogP contribution in [0, 0.1) is 5.41 Å². The van der Waals surface area contributed by atoms with Gasteiger partial charge in [0.25, 0.3) is 5.95 Å². The highest BCUT2D eigenvalue weighted by atomic mass is 15.4. The minimum absolute atomic E-state index is 0.318. The van der Waals surface area contributed by atoms with Gasteiger partial charge in [0.2, 0.25) is 11.9 Å². The number of nitrogens with zero attached hydrogens (tertiary/aromatic N) is 5. The van der Waals surface area contributed by atoms with Crippen LogP contribution in [-0.2, 0) is 0 Å². The Morgan fingerprint density at radius 1 is 1.29 bits per heavy atom. The van der Waals surface area contributed by atoms with Gasteiger partial charge in [-0.15, -0.1) is 0 Å². The van der Waals surface area contributed by atoms with Crippen molar-refractivity contribution in [2.24, 2.45) is 11.3 Å². The van der Waals surface area contributed by atoms with Gasteiger partial charge in [0.05, 0.1) is 0 Å². The third kappa shape index (κ3) is 3.10. The van der Waals surface area contributed by atoms with Crippen molar-refractivity contribution in [1.29, 1.82) is 0 Å². The van der Waals surface area contributed by atoms with E-state index >= 15 is 0 Å². The minimum Gasteiger partial charge on any atom is -0.353 e. The number of rotatable bonds is 7. The predicted octanol–water partition coefficient (Wildman–Crippen LogP) is 1.34. The van der Waals surface area contributed by atoms with Gasteiger partial charge >= 0.3 is 0 Å². The molecule has 0 bridgehead atoms. The standard InChI is InChI=1S/C13H20N8/c1-2-4-13(5-6-13)9-15-10-17-11(20-14)19-12(18-10)21-8-3-7-16-21/h3,7-8H,2,4-6,9,14H2,1H3,(H2,15,17,18,19,20). The van der Waals surface area contributed by atoms with Gasteiger partial charge in [-0.05, 0) is 30.7 Å². The molecule has 0 aromatic carbocycles. The van der Waals surface area contributed by atoms with E-state index in [9.17, 15) is 0 Å². The van der Waals surface area contributed by atoms with Gasteiger partial charge in [-0.2, -0.15) is 20.1 Å². The molecule has 0 atom stereocenters. The van der Waals surface area contributed by atoms with Crippen LogP contribution in [0.15, 0.2) is 18.5 Å². The Kier molecular flexibility index (Phi) is 3.70. The highest BCUT2D eigenvalue weighted by molar-refractivity contribution is 5.37. The first-order chi connectivity index (χ1) is 10.2. The summed E-state index contributed by atoms with van der Waals surface area (Å²) in [5, 5.41) is 7.43. The lowest BCUT2D eigenvalue weighted by Gasteiger charge is -2.15. The zero-order valence-corrected chi connectivity index (χ0v) is 12.1. The van der Waals surface area contributed by atoms with Crippen molar-refractivity contribution in [2.75, 3.05) is 17.3 Å². The summed E-state index contributed by atoms with van der Waals surface area (Å²) in [5.74, 6) is 6.70. The van der Waals surface area contributed by atoms with Gasteiger partial charge in [-0.25, -0.2) is 10.5 Å². The molecule has 8 heteroatoms. The smallest absolute Gasteiger partial charge is 0.257 e. The monoisotopic (exact) mass is 288 g/mol. The fraction of sp³-hybridized carbons (Fsp3) is 0.538. The number of nitrogens with two attached hydrogens (primary N) is 1. The van der Waals surface area contributed by atoms with Crippen LogP contribution in [0.25, 0.3) is 5.95 Å². The van der Waals surface area contributed by atoms with Crippen LogP contribution in [0.3, 0.4) is 0 Å². The van der Waals surface area contributed by atoms with Gasteiger partial charge in [-0.1, -0.05) is 13.3 Å². The first-order valence-electron chi connectivity index (χ1n) is 7.21. The quantitative estimate of drug-likeness (QED) is 0.521. The topological polar surface area (TPSA) is 107 Å². The number of anilines is 2. The number of hydrogen-bond donors (Lipinski definition) is 3. The largest absolute Gasteiger partial charge is 0.353 e. The second-order valence-corrected chi connectivity index (χ2v) is 5.48. The van der Waals surface area contributed by atoms with Crippen LogP contribution in [0.1, 0.15) is 32.6 Å². The van der Waals surface area contributed by atoms with Gasteiger partial charge in [0, 0.05) is 18.9 Å². The average molecular weight is 288 g/mol. The first-order valence-corrected chi connectivity index (χ1v) is 7.21. The van der Waals surface area contributed by atoms with Crippen LogP contribution in [-0.4, -0.2) is 31.3 Å². The van der Waals surface area contributed by atoms with Crippen molar-refractivity contribution in [3.05, 3.63) is 18.5 Å². The van der Waals surface area contributed by atoms with E-state index in [1.54, 1.807) is 17.1 Å². The van der Waals surface area contributed by atoms with Crippen molar-refractivity contribution < 1.29 is 0 Å². The van der Waals surface area contributed by atoms with Crippen LogP contribution in [0.4, 0.5) is 11.9 Å². The molecule has 1 fully saturated rings. The van der Waals surface area contributed by atoms with E-state index in [4.69, 9.17) is 5.84 Å². The summed E-state index contributed by atoms with van der Waals surface area (Å²) in [5.41, 5.74) is 2.88. The molecule has 8 nitrogen and oxygen atoms in total. The van der Waals surface area contributed by atoms with Gasteiger partial charge in [0.15, 0.2) is 0 Å². The molecule has 0 unspecified atom stereocenters. The fourth-order valence-corrected chi connectivity index (χ4v) is 2.49. The summed E-state index contributed by atoms with van der Waals surface area (Å²) < 4.78 is 1.58. The number of aromatic nitrogens is 5. The van der Waals surface area contributed by atoms with Crippen molar-refractivity contribution in [2.45, 2.75) is 32.6 Å². The second-order valence-electron chi connectivity index (χ2n) is 5.48. The summed E-state index contributed by atoms with van der Waals surface area (Å²) in [6, 6.07) is 1.81. The van der Waals surface area contributed by atoms with Crippen molar-refractivity contribution >= 4 is 11.9 Å². The lowest BCUT2D eigenvalue weighted by atomic mass is 10.0. The molecule has 0 radical (unpaired) electrons. The van der Waals surface area contributed by atoms with E-state index in [-0.39, 0.29) is 0 Å². The normalized spacial score (nSPS) is 15.7. The lowest BCUT2D eigenvalue weighted by molar-refractivity contribution is 0.484. The Morgan fingerprint density at radius 2 is 2.10 bits per heavy atom. The molecule has 2 aromatic rings. The Balaban J connectivity index is 1.77. The maximum atomic E-state index is 5.42. The Bertz CT molecular complexity index is 590. The third-order valence-corrected chi connectivity index (χ3v) is 3.82. The summed E-state index contributed by atoms with van der Waals surface area (Å²) >= 11 is 0. The molecule has 1 aliphatic rings. The highest BCUT2D eigenvalue weighted by Gasteiger charge is 2.41. The SMILES string of the molecule is CCCC1(CNc2nc(NN)nc(-n3cccn3)n2)CC1. The predicted molar refractivity (Wildman–Crippen MR) is 79.8 cm³/mol. The van der Waals surface area contributed by atoms with Crippen molar-refractivity contribution in [3.63, 3.8) is 0 Å². The van der Waals surface area contributed by atoms with E-state index in [1.807, 2.05) is 6.07 Å². The molecule has 1 aliphatic carbocycles. The van der Waals surface area contributed by atoms with E-state index in [2.05, 4.69) is 37.7 Å². The van der Waals surface area contributed by atoms with Crippen molar-refractivity contribution in [3.8, 4) is 5.95 Å². The zero-order valence-electron chi connectivity index (χ0n) is 12.1. The van der Waals surface area contributed by atoms with Gasteiger partial charge < -0.3 is 5.32 Å². The summed E-state index contributed by atoms with van der Waals surface area (Å²) in [7, 11) is 0. The molecule has 0 amide bonds. The molecule has 21 heavy (non-hydrogen) atoms. The van der Waals surface area contributed by atoms with Gasteiger partial charge in [-0.3, -0.25) is 5.43 Å². The number of hydrogen-bond acceptors (Lipinski definition) is 7. The maximum Gasteiger partial charge on any atom is 0.257 e. The van der Waals surface area contributed by atoms with Crippen molar-refractivity contribution in [1.82, 2.24) is 24.7 Å². The summed E-state index contributed by atoms with van der Waals surface area (Å²) in [4.78, 5) is 12.8. The minimum atomic E-state index is 0.318. The van der Waals surface area contributed by atoms with E-state index < -0.39 is 0 Å². The number of nitrogen functional groups attached to an aromatic ring is 1. The summed E-state index contributed by atoms with van der Waals surface area (Å²) in [6.45, 7) is 3.10. The first kappa shape index (κ1) is 13.7. The Labute approximate surface area is 123 Å². The van der Waals surface area contributed by atoms with Crippen LogP contribution in [0.5, 0.6) is 0 Å². The molecular weight excluding hydrogens is 268 g/mol. The highest BCUT2D eigenvalue weighted by Crippen LogP contribution is 2.49. The molecule has 4 N–H and O–H groups in total. The van der Waals surface area contributed by atoms with Crippen LogP contribution >= 0.6 is 0 Å². The van der Waals surface area contributed by atoms with Crippen LogP contribution < -0.4 is 16.6 Å². The Hall–Kier alpha value is -2.22. The van der Waals surface area contributed by atoms with Gasteiger partial charge in [0.1, 0.15) is 0 Å². The molecule has 2 aromatic heterocycles. The molecule has 2 heterocycles. The third-order valence-electron chi connectivity index (χ3n) is 3.82. The molecule has 3 rings (SSSR count). The van der Waals surface area contributed by atoms with E-state index in [0.717, 1.165) is 6.54 Å². The zero-order chi connectivity index (χ0) is 14.7. The molecule has 0 saturated heterocycles. The summed E-state index contributed by atoms with van der Waals surface area (Å²) in [6.07, 6.45) is 8.43.